The topological polar surface area (TPSA) is 43.6 Å². The lowest BCUT2D eigenvalue weighted by Crippen LogP contribution is -1.99. The van der Waals surface area contributed by atoms with Crippen molar-refractivity contribution in [1.29, 1.82) is 0 Å². The van der Waals surface area contributed by atoms with Crippen LogP contribution >= 0.6 is 0 Å². The number of hydrogen-bond acceptors (Lipinski definition) is 3. The molecule has 2 rings (SSSR count). The first-order valence-electron chi connectivity index (χ1n) is 5.04. The van der Waals surface area contributed by atoms with E-state index in [9.17, 15) is 0 Å². The Morgan fingerprint density at radius 3 is 2.27 bits per heavy atom. The Labute approximate surface area is 88.9 Å². The monoisotopic (exact) mass is 202 g/mol. The number of tetrazole rings is 1. The van der Waals surface area contributed by atoms with E-state index < -0.39 is 0 Å². The van der Waals surface area contributed by atoms with Gasteiger partial charge in [0.15, 0.2) is 5.82 Å². The molecule has 0 aliphatic heterocycles. The van der Waals surface area contributed by atoms with Crippen molar-refractivity contribution in [3.63, 3.8) is 0 Å². The molecule has 0 saturated heterocycles. The molecule has 0 aliphatic rings. The average Bonchev–Trinajstić information content (AvgIpc) is 2.65. The van der Waals surface area contributed by atoms with Crippen molar-refractivity contribution in [1.82, 2.24) is 20.2 Å². The minimum atomic E-state index is 0.550. The predicted molar refractivity (Wildman–Crippen MR) is 58.0 cm³/mol. The molecule has 78 valence electrons. The van der Waals surface area contributed by atoms with Crippen molar-refractivity contribution in [2.45, 2.75) is 26.7 Å². The summed E-state index contributed by atoms with van der Waals surface area (Å²) >= 11 is 0. The molecule has 0 N–H and O–H groups in total. The highest BCUT2D eigenvalue weighted by atomic mass is 15.5. The van der Waals surface area contributed by atoms with Gasteiger partial charge in [0.1, 0.15) is 0 Å². The van der Waals surface area contributed by atoms with Gasteiger partial charge >= 0.3 is 0 Å². The van der Waals surface area contributed by atoms with Gasteiger partial charge in [-0.05, 0) is 41.0 Å². The minimum Gasteiger partial charge on any atom is -0.198 e. The second kappa shape index (κ2) is 3.81. The van der Waals surface area contributed by atoms with Crippen LogP contribution in [0.15, 0.2) is 24.3 Å². The highest BCUT2D eigenvalue weighted by Crippen LogP contribution is 2.16. The summed E-state index contributed by atoms with van der Waals surface area (Å²) in [6.07, 6.45) is 0. The van der Waals surface area contributed by atoms with Crippen LogP contribution in [-0.4, -0.2) is 20.2 Å². The fraction of sp³-hybridized carbons (Fsp3) is 0.364. The molecule has 0 aliphatic carbocycles. The summed E-state index contributed by atoms with van der Waals surface area (Å²) in [6.45, 7) is 6.24. The van der Waals surface area contributed by atoms with Crippen molar-refractivity contribution in [2.24, 2.45) is 0 Å². The molecule has 0 spiro atoms. The van der Waals surface area contributed by atoms with E-state index in [4.69, 9.17) is 0 Å². The molecule has 0 radical (unpaired) electrons. The molecule has 0 amide bonds. The summed E-state index contributed by atoms with van der Waals surface area (Å²) in [4.78, 5) is 0. The Morgan fingerprint density at radius 1 is 1.13 bits per heavy atom. The van der Waals surface area contributed by atoms with Crippen LogP contribution in [0, 0.1) is 6.92 Å². The second-order valence-corrected chi connectivity index (χ2v) is 3.88. The Morgan fingerprint density at radius 2 is 1.80 bits per heavy atom. The quantitative estimate of drug-likeness (QED) is 0.749. The van der Waals surface area contributed by atoms with Crippen molar-refractivity contribution >= 4 is 0 Å². The summed E-state index contributed by atoms with van der Waals surface area (Å²) in [6, 6.07) is 8.31. The Hall–Kier alpha value is -1.71. The lowest BCUT2D eigenvalue weighted by molar-refractivity contribution is 0.777. The molecule has 2 aromatic rings. The Kier molecular flexibility index (Phi) is 2.49. The Balaban J connectivity index is 2.36. The van der Waals surface area contributed by atoms with Crippen LogP contribution in [-0.2, 0) is 0 Å². The highest BCUT2D eigenvalue weighted by molar-refractivity contribution is 5.35. The molecule has 4 heteroatoms. The van der Waals surface area contributed by atoms with E-state index in [1.807, 2.05) is 19.1 Å². The van der Waals surface area contributed by atoms with Crippen LogP contribution in [0.4, 0.5) is 0 Å². The summed E-state index contributed by atoms with van der Waals surface area (Å²) < 4.78 is 1.73. The van der Waals surface area contributed by atoms with Crippen LogP contribution in [0.5, 0.6) is 0 Å². The zero-order valence-corrected chi connectivity index (χ0v) is 9.18. The van der Waals surface area contributed by atoms with Crippen LogP contribution in [0.1, 0.15) is 31.2 Å². The van der Waals surface area contributed by atoms with Gasteiger partial charge in [0.2, 0.25) is 0 Å². The third-order valence-electron chi connectivity index (χ3n) is 2.43. The zero-order valence-electron chi connectivity index (χ0n) is 9.18. The van der Waals surface area contributed by atoms with Gasteiger partial charge in [-0.25, -0.2) is 0 Å². The molecule has 4 nitrogen and oxygen atoms in total. The first-order valence-corrected chi connectivity index (χ1v) is 5.04. The fourth-order valence-electron chi connectivity index (χ4n) is 1.47. The summed E-state index contributed by atoms with van der Waals surface area (Å²) in [7, 11) is 0. The first kappa shape index (κ1) is 9.83. The maximum atomic E-state index is 3.92. The van der Waals surface area contributed by atoms with E-state index in [0.29, 0.717) is 5.92 Å². The fourth-order valence-corrected chi connectivity index (χ4v) is 1.47. The first-order chi connectivity index (χ1) is 7.18. The van der Waals surface area contributed by atoms with Crippen molar-refractivity contribution in [3.05, 3.63) is 35.7 Å². The number of benzene rings is 1. The molecule has 0 atom stereocenters. The number of nitrogens with zero attached hydrogens (tertiary/aromatic N) is 4. The number of aryl methyl sites for hydroxylation is 1. The van der Waals surface area contributed by atoms with Gasteiger partial charge < -0.3 is 0 Å². The van der Waals surface area contributed by atoms with Gasteiger partial charge in [-0.15, -0.1) is 5.10 Å². The zero-order chi connectivity index (χ0) is 10.8. The molecule has 1 aromatic heterocycles. The van der Waals surface area contributed by atoms with Crippen LogP contribution in [0.25, 0.3) is 5.69 Å². The second-order valence-electron chi connectivity index (χ2n) is 3.88. The Bertz CT molecular complexity index is 442. The molecular weight excluding hydrogens is 188 g/mol. The van der Waals surface area contributed by atoms with Crippen molar-refractivity contribution in [2.75, 3.05) is 0 Å². The lowest BCUT2D eigenvalue weighted by atomic mass is 10.0. The maximum Gasteiger partial charge on any atom is 0.153 e. The molecule has 0 fully saturated rings. The SMILES string of the molecule is Cc1nnnn1-c1ccc(C(C)C)cc1. The highest BCUT2D eigenvalue weighted by Gasteiger charge is 2.04. The number of aromatic nitrogens is 4. The van der Waals surface area contributed by atoms with Gasteiger partial charge in [0.05, 0.1) is 5.69 Å². The molecule has 0 saturated carbocycles. The van der Waals surface area contributed by atoms with E-state index in [-0.39, 0.29) is 0 Å². The summed E-state index contributed by atoms with van der Waals surface area (Å²) in [5.41, 5.74) is 2.33. The van der Waals surface area contributed by atoms with Crippen LogP contribution < -0.4 is 0 Å². The van der Waals surface area contributed by atoms with Crippen LogP contribution in [0.2, 0.25) is 0 Å². The third kappa shape index (κ3) is 1.88. The van der Waals surface area contributed by atoms with Gasteiger partial charge in [-0.1, -0.05) is 26.0 Å². The van der Waals surface area contributed by atoms with Gasteiger partial charge in [0.25, 0.3) is 0 Å². The molecular formula is C11H14N4. The lowest BCUT2D eigenvalue weighted by Gasteiger charge is -2.06. The third-order valence-corrected chi connectivity index (χ3v) is 2.43. The molecule has 1 heterocycles. The number of rotatable bonds is 2. The maximum absolute atomic E-state index is 3.92. The van der Waals surface area contributed by atoms with E-state index in [1.165, 1.54) is 5.56 Å². The van der Waals surface area contributed by atoms with Gasteiger partial charge in [-0.2, -0.15) is 4.68 Å². The van der Waals surface area contributed by atoms with Crippen LogP contribution in [0.3, 0.4) is 0 Å². The van der Waals surface area contributed by atoms with Gasteiger partial charge in [0, 0.05) is 0 Å². The largest absolute Gasteiger partial charge is 0.198 e. The van der Waals surface area contributed by atoms with Gasteiger partial charge in [-0.3, -0.25) is 0 Å². The van der Waals surface area contributed by atoms with E-state index in [0.717, 1.165) is 11.5 Å². The average molecular weight is 202 g/mol. The van der Waals surface area contributed by atoms with E-state index in [1.54, 1.807) is 4.68 Å². The van der Waals surface area contributed by atoms with Crippen molar-refractivity contribution in [3.8, 4) is 5.69 Å². The van der Waals surface area contributed by atoms with E-state index >= 15 is 0 Å². The minimum absolute atomic E-state index is 0.550. The van der Waals surface area contributed by atoms with E-state index in [2.05, 4.69) is 41.5 Å². The summed E-state index contributed by atoms with van der Waals surface area (Å²) in [5, 5.41) is 11.4. The smallest absolute Gasteiger partial charge is 0.153 e. The standard InChI is InChI=1S/C11H14N4/c1-8(2)10-4-6-11(7-5-10)15-9(3)12-13-14-15/h4-8H,1-3H3. The predicted octanol–water partition coefficient (Wildman–Crippen LogP) is 2.09. The van der Waals surface area contributed by atoms with Crippen molar-refractivity contribution < 1.29 is 0 Å². The molecule has 0 unspecified atom stereocenters. The molecule has 0 bridgehead atoms. The number of hydrogen-bond donors (Lipinski definition) is 0. The molecule has 15 heavy (non-hydrogen) atoms. The molecule has 1 aromatic carbocycles. The summed E-state index contributed by atoms with van der Waals surface area (Å²) in [5.74, 6) is 1.35. The normalized spacial score (nSPS) is 10.9.